The molecular weight excluding hydrogens is 339 g/mol. The molecule has 0 N–H and O–H groups in total. The molecule has 0 unspecified atom stereocenters. The molecule has 0 heterocycles. The second-order valence-corrected chi connectivity index (χ2v) is 4.81. The van der Waals surface area contributed by atoms with Crippen LogP contribution >= 0.6 is 27.5 Å². The molecule has 5 nitrogen and oxygen atoms in total. The van der Waals surface area contributed by atoms with E-state index in [0.29, 0.717) is 10.2 Å². The Balaban J connectivity index is 3.45. The van der Waals surface area contributed by atoms with Crippen LogP contribution in [0.2, 0.25) is 5.02 Å². The van der Waals surface area contributed by atoms with Gasteiger partial charge in [-0.2, -0.15) is 0 Å². The van der Waals surface area contributed by atoms with Gasteiger partial charge in [-0.25, -0.2) is 0 Å². The smallest absolute Gasteiger partial charge is 0.324 e. The number of esters is 2. The average Bonchev–Trinajstić information content (AvgIpc) is 2.39. The molecule has 0 fully saturated rings. The SMILES string of the molecule is COC(=O)C(C(=O)OC)c1c(Cl)cc(Br)cc1OC. The molecule has 1 rings (SSSR count). The summed E-state index contributed by atoms with van der Waals surface area (Å²) < 4.78 is 15.0. The normalized spacial score (nSPS) is 10.2. The Bertz CT molecular complexity index is 487. The average molecular weight is 352 g/mol. The Morgan fingerprint density at radius 1 is 1.16 bits per heavy atom. The highest BCUT2D eigenvalue weighted by molar-refractivity contribution is 9.10. The number of methoxy groups -OCH3 is 3. The van der Waals surface area contributed by atoms with Gasteiger partial charge >= 0.3 is 11.9 Å². The molecule has 1 aromatic carbocycles. The number of benzene rings is 1. The molecule has 0 amide bonds. The molecule has 0 aromatic heterocycles. The second kappa shape index (κ2) is 6.77. The molecule has 7 heteroatoms. The van der Waals surface area contributed by atoms with E-state index < -0.39 is 17.9 Å². The molecule has 19 heavy (non-hydrogen) atoms. The topological polar surface area (TPSA) is 61.8 Å². The molecule has 0 saturated heterocycles. The molecule has 0 bridgehead atoms. The number of carbonyl (C=O) groups excluding carboxylic acids is 2. The first-order valence-corrected chi connectivity index (χ1v) is 6.32. The van der Waals surface area contributed by atoms with Crippen LogP contribution in [-0.2, 0) is 19.1 Å². The number of ether oxygens (including phenoxy) is 3. The predicted octanol–water partition coefficient (Wildman–Crippen LogP) is 2.54. The van der Waals surface area contributed by atoms with Crippen molar-refractivity contribution in [3.8, 4) is 5.75 Å². The molecule has 0 atom stereocenters. The first-order valence-electron chi connectivity index (χ1n) is 5.14. The number of halogens is 2. The first kappa shape index (κ1) is 15.8. The fourth-order valence-electron chi connectivity index (χ4n) is 1.58. The van der Waals surface area contributed by atoms with E-state index in [2.05, 4.69) is 25.4 Å². The lowest BCUT2D eigenvalue weighted by atomic mass is 9.98. The Morgan fingerprint density at radius 3 is 2.11 bits per heavy atom. The molecule has 0 aliphatic rings. The van der Waals surface area contributed by atoms with Crippen molar-refractivity contribution in [3.05, 3.63) is 27.2 Å². The van der Waals surface area contributed by atoms with Gasteiger partial charge in [0.05, 0.1) is 26.4 Å². The van der Waals surface area contributed by atoms with Gasteiger partial charge in [-0.05, 0) is 12.1 Å². The Morgan fingerprint density at radius 2 is 1.68 bits per heavy atom. The Labute approximate surface area is 123 Å². The third-order valence-corrected chi connectivity index (χ3v) is 3.21. The lowest BCUT2D eigenvalue weighted by Crippen LogP contribution is -2.25. The molecule has 0 spiro atoms. The van der Waals surface area contributed by atoms with Crippen molar-refractivity contribution >= 4 is 39.5 Å². The summed E-state index contributed by atoms with van der Waals surface area (Å²) in [7, 11) is 3.77. The van der Waals surface area contributed by atoms with E-state index in [1.54, 1.807) is 12.1 Å². The third kappa shape index (κ3) is 3.39. The number of rotatable bonds is 4. The van der Waals surface area contributed by atoms with Gasteiger partial charge in [0.2, 0.25) is 0 Å². The summed E-state index contributed by atoms with van der Waals surface area (Å²) in [5, 5.41) is 0.201. The maximum absolute atomic E-state index is 11.8. The zero-order valence-electron chi connectivity index (χ0n) is 10.5. The highest BCUT2D eigenvalue weighted by Crippen LogP contribution is 2.37. The van der Waals surface area contributed by atoms with Crippen LogP contribution in [0, 0.1) is 0 Å². The van der Waals surface area contributed by atoms with E-state index in [1.807, 2.05) is 0 Å². The summed E-state index contributed by atoms with van der Waals surface area (Å²) in [6.07, 6.45) is 0. The molecule has 0 saturated carbocycles. The van der Waals surface area contributed by atoms with E-state index in [-0.39, 0.29) is 10.6 Å². The minimum atomic E-state index is -1.29. The molecule has 1 aromatic rings. The van der Waals surface area contributed by atoms with E-state index >= 15 is 0 Å². The molecular formula is C12H12BrClO5. The Kier molecular flexibility index (Phi) is 5.62. The Hall–Kier alpha value is -1.27. The van der Waals surface area contributed by atoms with Gasteiger partial charge in [0.1, 0.15) is 5.75 Å². The van der Waals surface area contributed by atoms with E-state index in [9.17, 15) is 9.59 Å². The van der Waals surface area contributed by atoms with Gasteiger partial charge in [-0.3, -0.25) is 9.59 Å². The van der Waals surface area contributed by atoms with Crippen molar-refractivity contribution in [1.29, 1.82) is 0 Å². The van der Waals surface area contributed by atoms with Gasteiger partial charge in [0.15, 0.2) is 5.92 Å². The van der Waals surface area contributed by atoms with Crippen LogP contribution in [0.15, 0.2) is 16.6 Å². The summed E-state index contributed by atoms with van der Waals surface area (Å²) in [6.45, 7) is 0. The molecule has 0 radical (unpaired) electrons. The second-order valence-electron chi connectivity index (χ2n) is 3.48. The van der Waals surface area contributed by atoms with Crippen LogP contribution in [0.1, 0.15) is 11.5 Å². The zero-order valence-corrected chi connectivity index (χ0v) is 12.9. The lowest BCUT2D eigenvalue weighted by molar-refractivity contribution is -0.154. The maximum Gasteiger partial charge on any atom is 0.324 e. The first-order chi connectivity index (χ1) is 8.96. The summed E-state index contributed by atoms with van der Waals surface area (Å²) in [6, 6.07) is 3.15. The highest BCUT2D eigenvalue weighted by atomic mass is 79.9. The van der Waals surface area contributed by atoms with Crippen LogP contribution in [0.5, 0.6) is 5.75 Å². The standard InChI is InChI=1S/C12H12BrClO5/c1-17-8-5-6(13)4-7(14)9(8)10(11(15)18-2)12(16)19-3/h4-5,10H,1-3H3. The minimum Gasteiger partial charge on any atom is -0.496 e. The zero-order chi connectivity index (χ0) is 14.6. The van der Waals surface area contributed by atoms with Crippen LogP contribution < -0.4 is 4.74 Å². The summed E-state index contributed by atoms with van der Waals surface area (Å²) in [5.41, 5.74) is 0.214. The molecule has 0 aliphatic heterocycles. The van der Waals surface area contributed by atoms with Crippen LogP contribution in [-0.4, -0.2) is 33.3 Å². The summed E-state index contributed by atoms with van der Waals surface area (Å²) in [5.74, 6) is -2.53. The highest BCUT2D eigenvalue weighted by Gasteiger charge is 2.35. The van der Waals surface area contributed by atoms with Crippen molar-refractivity contribution in [2.45, 2.75) is 5.92 Å². The van der Waals surface area contributed by atoms with Crippen LogP contribution in [0.4, 0.5) is 0 Å². The number of hydrogen-bond acceptors (Lipinski definition) is 5. The number of hydrogen-bond donors (Lipinski definition) is 0. The summed E-state index contributed by atoms with van der Waals surface area (Å²) >= 11 is 9.33. The monoisotopic (exact) mass is 350 g/mol. The maximum atomic E-state index is 11.8. The third-order valence-electron chi connectivity index (χ3n) is 2.44. The van der Waals surface area contributed by atoms with Gasteiger partial charge in [0, 0.05) is 10.0 Å². The number of carbonyl (C=O) groups is 2. The van der Waals surface area contributed by atoms with E-state index in [0.717, 1.165) is 0 Å². The van der Waals surface area contributed by atoms with Crippen molar-refractivity contribution in [2.24, 2.45) is 0 Å². The van der Waals surface area contributed by atoms with Gasteiger partial charge in [-0.15, -0.1) is 0 Å². The fourth-order valence-corrected chi connectivity index (χ4v) is 2.47. The lowest BCUT2D eigenvalue weighted by Gasteiger charge is -2.17. The van der Waals surface area contributed by atoms with E-state index in [4.69, 9.17) is 16.3 Å². The van der Waals surface area contributed by atoms with Gasteiger partial charge in [0.25, 0.3) is 0 Å². The predicted molar refractivity (Wildman–Crippen MR) is 72.5 cm³/mol. The van der Waals surface area contributed by atoms with Crippen molar-refractivity contribution in [1.82, 2.24) is 0 Å². The van der Waals surface area contributed by atoms with E-state index in [1.165, 1.54) is 21.3 Å². The molecule has 0 aliphatic carbocycles. The van der Waals surface area contributed by atoms with Gasteiger partial charge < -0.3 is 14.2 Å². The minimum absolute atomic E-state index is 0.201. The molecule has 104 valence electrons. The summed E-state index contributed by atoms with van der Waals surface area (Å²) in [4.78, 5) is 23.5. The van der Waals surface area contributed by atoms with Crippen molar-refractivity contribution in [2.75, 3.05) is 21.3 Å². The van der Waals surface area contributed by atoms with Crippen molar-refractivity contribution in [3.63, 3.8) is 0 Å². The fraction of sp³-hybridized carbons (Fsp3) is 0.333. The van der Waals surface area contributed by atoms with Crippen molar-refractivity contribution < 1.29 is 23.8 Å². The van der Waals surface area contributed by atoms with Crippen LogP contribution in [0.25, 0.3) is 0 Å². The van der Waals surface area contributed by atoms with Crippen LogP contribution in [0.3, 0.4) is 0 Å². The largest absolute Gasteiger partial charge is 0.496 e. The quantitative estimate of drug-likeness (QED) is 0.616. The van der Waals surface area contributed by atoms with Gasteiger partial charge in [-0.1, -0.05) is 27.5 Å².